The molecule has 0 bridgehead atoms. The van der Waals surface area contributed by atoms with Gasteiger partial charge < -0.3 is 14.8 Å². The third-order valence-corrected chi connectivity index (χ3v) is 4.85. The second kappa shape index (κ2) is 5.90. The van der Waals surface area contributed by atoms with Gasteiger partial charge in [-0.2, -0.15) is 0 Å². The highest BCUT2D eigenvalue weighted by Gasteiger charge is 2.40. The largest absolute Gasteiger partial charge is 0.478 e. The molecular weight excluding hydrogens is 315 g/mol. The number of rotatable bonds is 4. The van der Waals surface area contributed by atoms with E-state index in [1.54, 1.807) is 6.07 Å². The van der Waals surface area contributed by atoms with Crippen LogP contribution in [0.15, 0.2) is 18.2 Å². The number of halogens is 1. The van der Waals surface area contributed by atoms with E-state index in [9.17, 15) is 19.1 Å². The number of hydrogen-bond acceptors (Lipinski definition) is 4. The van der Waals surface area contributed by atoms with Gasteiger partial charge in [-0.3, -0.25) is 9.69 Å². The molecule has 6 nitrogen and oxygen atoms in total. The fraction of sp³-hybridized carbons (Fsp3) is 0.412. The molecule has 2 N–H and O–H groups in total. The van der Waals surface area contributed by atoms with Gasteiger partial charge in [0, 0.05) is 16.6 Å². The lowest BCUT2D eigenvalue weighted by Gasteiger charge is -2.33. The minimum Gasteiger partial charge on any atom is -0.478 e. The van der Waals surface area contributed by atoms with Crippen LogP contribution in [-0.2, 0) is 15.1 Å². The minimum absolute atomic E-state index is 0.0754. The first-order valence-corrected chi connectivity index (χ1v) is 7.73. The van der Waals surface area contributed by atoms with Crippen LogP contribution in [0, 0.1) is 5.82 Å². The van der Waals surface area contributed by atoms with Crippen LogP contribution >= 0.6 is 0 Å². The lowest BCUT2D eigenvalue weighted by molar-refractivity contribution is -0.143. The Kier molecular flexibility index (Phi) is 4.04. The van der Waals surface area contributed by atoms with Gasteiger partial charge in [-0.25, -0.2) is 9.18 Å². The van der Waals surface area contributed by atoms with Crippen molar-refractivity contribution in [1.29, 1.82) is 0 Å². The molecule has 3 rings (SSSR count). The van der Waals surface area contributed by atoms with Crippen molar-refractivity contribution in [2.24, 2.45) is 0 Å². The van der Waals surface area contributed by atoms with Crippen molar-refractivity contribution < 1.29 is 23.8 Å². The van der Waals surface area contributed by atoms with Gasteiger partial charge >= 0.3 is 11.9 Å². The number of aromatic amines is 1. The van der Waals surface area contributed by atoms with Crippen molar-refractivity contribution in [3.05, 3.63) is 35.3 Å². The number of H-pyrrole nitrogens is 1. The van der Waals surface area contributed by atoms with Gasteiger partial charge in [0.2, 0.25) is 0 Å². The lowest BCUT2D eigenvalue weighted by atomic mass is 9.94. The number of carbonyl (C=O) groups excluding carboxylic acids is 1. The summed E-state index contributed by atoms with van der Waals surface area (Å²) in [5, 5.41) is 9.76. The molecule has 7 heteroatoms. The zero-order valence-electron chi connectivity index (χ0n) is 13.6. The van der Waals surface area contributed by atoms with E-state index in [-0.39, 0.29) is 18.1 Å². The van der Waals surface area contributed by atoms with E-state index < -0.39 is 17.3 Å². The number of carbonyl (C=O) groups is 2. The summed E-state index contributed by atoms with van der Waals surface area (Å²) in [4.78, 5) is 28.2. The van der Waals surface area contributed by atoms with Gasteiger partial charge in [-0.15, -0.1) is 0 Å². The van der Waals surface area contributed by atoms with E-state index in [4.69, 9.17) is 4.74 Å². The number of benzene rings is 1. The molecule has 2 aromatic rings. The van der Waals surface area contributed by atoms with Crippen molar-refractivity contribution in [2.45, 2.75) is 25.3 Å². The van der Waals surface area contributed by atoms with Crippen LogP contribution in [0.4, 0.5) is 4.39 Å². The maximum atomic E-state index is 13.7. The molecule has 24 heavy (non-hydrogen) atoms. The Morgan fingerprint density at radius 2 is 2.17 bits per heavy atom. The normalized spacial score (nSPS) is 21.3. The predicted octanol–water partition coefficient (Wildman–Crippen LogP) is 2.49. The number of fused-ring (bicyclic) bond motifs is 1. The van der Waals surface area contributed by atoms with Crippen LogP contribution in [0.5, 0.6) is 0 Å². The molecule has 1 aliphatic rings. The molecule has 128 valence electrons. The molecule has 0 spiro atoms. The summed E-state index contributed by atoms with van der Waals surface area (Å²) in [5.41, 5.74) is 0.675. The number of esters is 1. The molecular formula is C17H19FN2O4. The highest BCUT2D eigenvalue weighted by atomic mass is 19.1. The van der Waals surface area contributed by atoms with Crippen LogP contribution < -0.4 is 0 Å². The zero-order chi connectivity index (χ0) is 17.5. The number of likely N-dealkylation sites (tertiary alicyclic amines) is 1. The van der Waals surface area contributed by atoms with E-state index in [1.165, 1.54) is 13.2 Å². The van der Waals surface area contributed by atoms with Gasteiger partial charge in [0.15, 0.2) is 0 Å². The predicted molar refractivity (Wildman–Crippen MR) is 85.4 cm³/mol. The maximum absolute atomic E-state index is 13.7. The number of aromatic nitrogens is 1. The van der Waals surface area contributed by atoms with Crippen molar-refractivity contribution in [1.82, 2.24) is 9.88 Å². The summed E-state index contributed by atoms with van der Waals surface area (Å²) in [7, 11) is 1.35. The second-order valence-corrected chi connectivity index (χ2v) is 6.28. The molecule has 0 saturated carbocycles. The molecule has 1 aromatic carbocycles. The quantitative estimate of drug-likeness (QED) is 0.840. The number of nitrogens with zero attached hydrogens (tertiary/aromatic N) is 1. The van der Waals surface area contributed by atoms with Gasteiger partial charge in [0.25, 0.3) is 0 Å². The van der Waals surface area contributed by atoms with Gasteiger partial charge in [0.1, 0.15) is 5.82 Å². The maximum Gasteiger partial charge on any atom is 0.336 e. The van der Waals surface area contributed by atoms with E-state index in [0.29, 0.717) is 10.9 Å². The molecule has 0 radical (unpaired) electrons. The van der Waals surface area contributed by atoms with Gasteiger partial charge in [-0.1, -0.05) is 0 Å². The zero-order valence-corrected chi connectivity index (χ0v) is 13.6. The number of carboxylic acid groups (broad SMARTS) is 1. The fourth-order valence-corrected chi connectivity index (χ4v) is 3.47. The molecule has 1 aromatic heterocycles. The smallest absolute Gasteiger partial charge is 0.336 e. The second-order valence-electron chi connectivity index (χ2n) is 6.28. The summed E-state index contributed by atoms with van der Waals surface area (Å²) >= 11 is 0. The van der Waals surface area contributed by atoms with Crippen LogP contribution in [0.1, 0.15) is 35.8 Å². The first-order chi connectivity index (χ1) is 11.3. The molecule has 0 amide bonds. The van der Waals surface area contributed by atoms with Crippen molar-refractivity contribution in [2.75, 3.05) is 20.2 Å². The summed E-state index contributed by atoms with van der Waals surface area (Å²) in [6.45, 7) is 2.88. The topological polar surface area (TPSA) is 82.6 Å². The number of methoxy groups -OCH3 is 1. The van der Waals surface area contributed by atoms with E-state index in [0.717, 1.165) is 31.1 Å². The van der Waals surface area contributed by atoms with Crippen molar-refractivity contribution in [3.8, 4) is 0 Å². The van der Waals surface area contributed by atoms with Crippen molar-refractivity contribution in [3.63, 3.8) is 0 Å². The Morgan fingerprint density at radius 1 is 1.42 bits per heavy atom. The first kappa shape index (κ1) is 16.4. The molecule has 1 saturated heterocycles. The Hall–Kier alpha value is -2.41. The molecule has 1 aliphatic heterocycles. The van der Waals surface area contributed by atoms with Gasteiger partial charge in [0.05, 0.1) is 24.8 Å². The fourth-order valence-electron chi connectivity index (χ4n) is 3.47. The van der Waals surface area contributed by atoms with E-state index in [2.05, 4.69) is 4.98 Å². The standard InChI is InChI=1S/C17H19FN2O4/c1-17(4-3-5-20(17)9-15(21)24-2)14-8-11-12(16(22)23)6-10(18)7-13(11)19-14/h6-8,19H,3-5,9H2,1-2H3,(H,22,23). The molecule has 2 heterocycles. The highest BCUT2D eigenvalue weighted by Crippen LogP contribution is 2.39. The van der Waals surface area contributed by atoms with Crippen LogP contribution in [0.25, 0.3) is 10.9 Å². The summed E-state index contributed by atoms with van der Waals surface area (Å²) in [6.07, 6.45) is 1.71. The Morgan fingerprint density at radius 3 is 2.83 bits per heavy atom. The van der Waals surface area contributed by atoms with Crippen LogP contribution in [-0.4, -0.2) is 47.1 Å². The molecule has 1 unspecified atom stereocenters. The number of nitrogens with one attached hydrogen (secondary N) is 1. The van der Waals surface area contributed by atoms with E-state index in [1.807, 2.05) is 11.8 Å². The summed E-state index contributed by atoms with van der Waals surface area (Å²) in [5.74, 6) is -2.10. The minimum atomic E-state index is -1.17. The number of hydrogen-bond donors (Lipinski definition) is 2. The van der Waals surface area contributed by atoms with Gasteiger partial charge in [-0.05, 0) is 44.5 Å². The lowest BCUT2D eigenvalue weighted by Crippen LogP contribution is -2.42. The molecule has 1 atom stereocenters. The monoisotopic (exact) mass is 334 g/mol. The molecule has 0 aliphatic carbocycles. The average Bonchev–Trinajstić information content (AvgIpc) is 3.11. The summed E-state index contributed by atoms with van der Waals surface area (Å²) in [6, 6.07) is 4.05. The Labute approximate surface area is 138 Å². The van der Waals surface area contributed by atoms with Crippen molar-refractivity contribution >= 4 is 22.8 Å². The summed E-state index contributed by atoms with van der Waals surface area (Å²) < 4.78 is 18.4. The molecule has 1 fully saturated rings. The first-order valence-electron chi connectivity index (χ1n) is 7.73. The Bertz CT molecular complexity index is 816. The SMILES string of the molecule is COC(=O)CN1CCCC1(C)c1cc2c(C(=O)O)cc(F)cc2[nH]1. The Balaban J connectivity index is 2.06. The number of aromatic carboxylic acids is 1. The van der Waals surface area contributed by atoms with Crippen LogP contribution in [0.2, 0.25) is 0 Å². The van der Waals surface area contributed by atoms with Crippen LogP contribution in [0.3, 0.4) is 0 Å². The van der Waals surface area contributed by atoms with E-state index >= 15 is 0 Å². The number of carboxylic acids is 1. The third kappa shape index (κ3) is 2.65. The number of ether oxygens (including phenoxy) is 1. The highest BCUT2D eigenvalue weighted by molar-refractivity contribution is 6.03. The average molecular weight is 334 g/mol. The third-order valence-electron chi connectivity index (χ3n) is 4.85.